The van der Waals surface area contributed by atoms with Gasteiger partial charge in [-0.1, -0.05) is 62.7 Å². The molecular weight excluding hydrogens is 594 g/mol. The number of pyridine rings is 1. The van der Waals surface area contributed by atoms with E-state index < -0.39 is 16.8 Å². The lowest BCUT2D eigenvalue weighted by Crippen LogP contribution is -2.31. The predicted molar refractivity (Wildman–Crippen MR) is 165 cm³/mol. The number of nitrogens with zero attached hydrogens (tertiary/aromatic N) is 4. The van der Waals surface area contributed by atoms with Gasteiger partial charge in [-0.3, -0.25) is 23.7 Å². The molecule has 0 saturated carbocycles. The number of anilines is 1. The van der Waals surface area contributed by atoms with Crippen molar-refractivity contribution in [1.82, 2.24) is 18.7 Å². The van der Waals surface area contributed by atoms with Crippen LogP contribution in [-0.2, 0) is 13.1 Å². The summed E-state index contributed by atoms with van der Waals surface area (Å²) in [4.78, 5) is 54.6. The molecule has 12 heteroatoms. The summed E-state index contributed by atoms with van der Waals surface area (Å²) in [7, 11) is 0. The second-order valence-corrected chi connectivity index (χ2v) is 13.0. The third kappa shape index (κ3) is 6.18. The van der Waals surface area contributed by atoms with Gasteiger partial charge in [0, 0.05) is 27.3 Å². The van der Waals surface area contributed by atoms with Gasteiger partial charge in [0.25, 0.3) is 11.5 Å². The molecule has 0 unspecified atom stereocenters. The maximum absolute atomic E-state index is 13.8. The Morgan fingerprint density at radius 3 is 2.40 bits per heavy atom. The van der Waals surface area contributed by atoms with Crippen molar-refractivity contribution in [2.24, 2.45) is 5.41 Å². The van der Waals surface area contributed by atoms with E-state index in [9.17, 15) is 19.2 Å². The molecule has 0 aliphatic heterocycles. The van der Waals surface area contributed by atoms with Crippen molar-refractivity contribution in [2.75, 3.05) is 5.32 Å². The Morgan fingerprint density at radius 1 is 1.00 bits per heavy atom. The summed E-state index contributed by atoms with van der Waals surface area (Å²) in [5.41, 5.74) is -0.225. The van der Waals surface area contributed by atoms with E-state index in [0.717, 1.165) is 16.4 Å². The number of carbonyl (C=O) groups excluding carboxylic acids is 3. The van der Waals surface area contributed by atoms with Crippen LogP contribution in [0.25, 0.3) is 11.4 Å². The molecule has 0 aliphatic carbocycles. The van der Waals surface area contributed by atoms with Gasteiger partial charge in [-0.25, -0.2) is 4.37 Å². The van der Waals surface area contributed by atoms with Crippen LogP contribution in [0.4, 0.5) is 5.82 Å². The minimum absolute atomic E-state index is 0.0840. The first kappa shape index (κ1) is 29.3. The van der Waals surface area contributed by atoms with E-state index in [4.69, 9.17) is 11.6 Å². The Bertz CT molecular complexity index is 1830. The number of Topliss-reactive ketones (excluding diaryl/α,β-unsaturated/α-hetero) is 1. The number of hydrogen-bond donors (Lipinski definition) is 1. The van der Waals surface area contributed by atoms with Crippen molar-refractivity contribution in [3.8, 4) is 11.4 Å². The number of benzene rings is 1. The minimum Gasteiger partial charge on any atom is -0.365 e. The van der Waals surface area contributed by atoms with E-state index in [0.29, 0.717) is 27.8 Å². The summed E-state index contributed by atoms with van der Waals surface area (Å²) >= 11 is 8.62. The normalized spacial score (nSPS) is 11.4. The molecule has 0 bridgehead atoms. The smallest absolute Gasteiger partial charge is 0.262 e. The number of ketones is 2. The van der Waals surface area contributed by atoms with Crippen molar-refractivity contribution in [3.63, 3.8) is 0 Å². The maximum atomic E-state index is 13.8. The number of aromatic nitrogens is 4. The van der Waals surface area contributed by atoms with Gasteiger partial charge in [-0.2, -0.15) is 9.78 Å². The van der Waals surface area contributed by atoms with Crippen LogP contribution in [0.3, 0.4) is 0 Å². The molecule has 0 spiro atoms. The van der Waals surface area contributed by atoms with Gasteiger partial charge in [0.2, 0.25) is 0 Å². The Labute approximate surface area is 254 Å². The van der Waals surface area contributed by atoms with Gasteiger partial charge in [-0.05, 0) is 35.8 Å². The van der Waals surface area contributed by atoms with E-state index in [1.165, 1.54) is 32.8 Å². The Kier molecular flexibility index (Phi) is 8.35. The average Bonchev–Trinajstić information content (AvgIpc) is 3.73. The van der Waals surface area contributed by atoms with Crippen LogP contribution in [0.2, 0.25) is 4.34 Å². The SMILES string of the molecule is CC(C)(C)C(=O)n1nc(-c2ccc(C(=O)c3ccccc3)c(=O)n2CC(=O)c2cnsc2)cc1NCc1ccc(Cl)s1. The highest BCUT2D eigenvalue weighted by molar-refractivity contribution is 7.16. The second-order valence-electron chi connectivity index (χ2n) is 10.5. The van der Waals surface area contributed by atoms with Gasteiger partial charge >= 0.3 is 0 Å². The fraction of sp³-hybridized carbons (Fsp3) is 0.200. The van der Waals surface area contributed by atoms with Crippen LogP contribution in [0.1, 0.15) is 56.7 Å². The molecule has 5 aromatic rings. The summed E-state index contributed by atoms with van der Waals surface area (Å²) in [6.07, 6.45) is 1.44. The van der Waals surface area contributed by atoms with Gasteiger partial charge < -0.3 is 5.32 Å². The Balaban J connectivity index is 1.62. The van der Waals surface area contributed by atoms with Crippen LogP contribution in [0, 0.1) is 5.41 Å². The fourth-order valence-corrected chi connectivity index (χ4v) is 5.75. The molecule has 0 atom stereocenters. The molecule has 214 valence electrons. The summed E-state index contributed by atoms with van der Waals surface area (Å²) in [5.74, 6) is -0.678. The topological polar surface area (TPSA) is 116 Å². The first-order valence-electron chi connectivity index (χ1n) is 12.9. The third-order valence-corrected chi connectivity index (χ3v) is 8.21. The van der Waals surface area contributed by atoms with Gasteiger partial charge in [0.1, 0.15) is 11.5 Å². The number of carbonyl (C=O) groups is 3. The second kappa shape index (κ2) is 12.0. The van der Waals surface area contributed by atoms with Crippen molar-refractivity contribution >= 4 is 57.8 Å². The molecule has 0 fully saturated rings. The van der Waals surface area contributed by atoms with Crippen LogP contribution in [-0.4, -0.2) is 36.2 Å². The predicted octanol–water partition coefficient (Wildman–Crippen LogP) is 6.30. The number of halogens is 1. The van der Waals surface area contributed by atoms with Crippen molar-refractivity contribution < 1.29 is 14.4 Å². The standard InChI is InChI=1S/C30H26ClN5O4S2/c1-30(2,3)29(40)36-26(32-15-20-9-12-25(31)42-20)13-22(34-36)23-11-10-21(27(38)18-7-5-4-6-8-18)28(39)35(23)16-24(37)19-14-33-41-17-19/h4-14,17,32H,15-16H2,1-3H3. The first-order chi connectivity index (χ1) is 20.0. The van der Waals surface area contributed by atoms with Gasteiger partial charge in [0.05, 0.1) is 40.4 Å². The number of thiophene rings is 1. The van der Waals surface area contributed by atoms with Crippen LogP contribution >= 0.6 is 34.5 Å². The summed E-state index contributed by atoms with van der Waals surface area (Å²) in [6.45, 7) is 5.40. The average molecular weight is 620 g/mol. The highest BCUT2D eigenvalue weighted by atomic mass is 35.5. The Morgan fingerprint density at radius 2 is 1.76 bits per heavy atom. The molecule has 9 nitrogen and oxygen atoms in total. The number of hydrogen-bond acceptors (Lipinski definition) is 9. The molecule has 4 heterocycles. The zero-order chi connectivity index (χ0) is 30.0. The van der Waals surface area contributed by atoms with E-state index in [1.807, 2.05) is 6.07 Å². The molecule has 0 saturated heterocycles. The third-order valence-electron chi connectivity index (χ3n) is 6.39. The lowest BCUT2D eigenvalue weighted by Gasteiger charge is -2.18. The van der Waals surface area contributed by atoms with E-state index in [-0.39, 0.29) is 35.2 Å². The van der Waals surface area contributed by atoms with Gasteiger partial charge in [0.15, 0.2) is 11.6 Å². The molecule has 1 N–H and O–H groups in total. The maximum Gasteiger partial charge on any atom is 0.262 e. The monoisotopic (exact) mass is 619 g/mol. The van der Waals surface area contributed by atoms with Crippen molar-refractivity contribution in [2.45, 2.75) is 33.9 Å². The Hall–Kier alpha value is -4.19. The summed E-state index contributed by atoms with van der Waals surface area (Å²) < 4.78 is 7.13. The number of rotatable bonds is 9. The largest absolute Gasteiger partial charge is 0.365 e. The molecule has 5 rings (SSSR count). The zero-order valence-corrected chi connectivity index (χ0v) is 25.3. The highest BCUT2D eigenvalue weighted by Gasteiger charge is 2.28. The van der Waals surface area contributed by atoms with Crippen LogP contribution < -0.4 is 10.9 Å². The molecule has 0 aliphatic rings. The summed E-state index contributed by atoms with van der Waals surface area (Å²) in [5, 5.41) is 9.43. The quantitative estimate of drug-likeness (QED) is 0.193. The van der Waals surface area contributed by atoms with E-state index in [2.05, 4.69) is 14.8 Å². The van der Waals surface area contributed by atoms with E-state index >= 15 is 0 Å². The zero-order valence-electron chi connectivity index (χ0n) is 23.0. The van der Waals surface area contributed by atoms with Crippen molar-refractivity contribution in [1.29, 1.82) is 0 Å². The fourth-order valence-electron chi connectivity index (χ4n) is 4.18. The van der Waals surface area contributed by atoms with Crippen molar-refractivity contribution in [3.05, 3.63) is 108 Å². The first-order valence-corrected chi connectivity index (χ1v) is 15.0. The lowest BCUT2D eigenvalue weighted by molar-refractivity contribution is 0.0751. The highest BCUT2D eigenvalue weighted by Crippen LogP contribution is 2.28. The molecule has 0 radical (unpaired) electrons. The van der Waals surface area contributed by atoms with Crippen LogP contribution in [0.5, 0.6) is 0 Å². The molecule has 1 aromatic carbocycles. The molecule has 42 heavy (non-hydrogen) atoms. The molecule has 0 amide bonds. The van der Waals surface area contributed by atoms with Crippen LogP contribution in [0.15, 0.2) is 77.0 Å². The lowest BCUT2D eigenvalue weighted by atomic mass is 9.96. The molecular formula is C30H26ClN5O4S2. The van der Waals surface area contributed by atoms with Gasteiger partial charge in [-0.15, -0.1) is 11.3 Å². The minimum atomic E-state index is -0.764. The summed E-state index contributed by atoms with van der Waals surface area (Å²) in [6, 6.07) is 16.8. The van der Waals surface area contributed by atoms with E-state index in [1.54, 1.807) is 74.7 Å². The number of nitrogens with one attached hydrogen (secondary N) is 1. The molecule has 4 aromatic heterocycles.